The summed E-state index contributed by atoms with van der Waals surface area (Å²) >= 11 is 0. The van der Waals surface area contributed by atoms with E-state index in [1.54, 1.807) is 0 Å². The van der Waals surface area contributed by atoms with Crippen LogP contribution in [0.2, 0.25) is 0 Å². The van der Waals surface area contributed by atoms with Gasteiger partial charge >= 0.3 is 0 Å². The predicted octanol–water partition coefficient (Wildman–Crippen LogP) is 4.11. The lowest BCUT2D eigenvalue weighted by Gasteiger charge is -2.35. The number of carbonyl (C=O) groups excluding carboxylic acids is 3. The fraction of sp³-hybridized carbons (Fsp3) is 0.444. The first-order valence-electron chi connectivity index (χ1n) is 11.8. The summed E-state index contributed by atoms with van der Waals surface area (Å²) in [7, 11) is 0. The molecule has 0 saturated carbocycles. The second-order valence-electron chi connectivity index (χ2n) is 8.40. The lowest BCUT2D eigenvalue weighted by Crippen LogP contribution is -2.50. The van der Waals surface area contributed by atoms with Crippen LogP contribution in [0, 0.1) is 0 Å². The Morgan fingerprint density at radius 2 is 1.45 bits per heavy atom. The van der Waals surface area contributed by atoms with Crippen LogP contribution in [0.15, 0.2) is 60.7 Å². The predicted molar refractivity (Wildman–Crippen MR) is 125 cm³/mol. The van der Waals surface area contributed by atoms with Crippen LogP contribution in [0.1, 0.15) is 49.7 Å². The van der Waals surface area contributed by atoms with Gasteiger partial charge in [0.05, 0.1) is 25.9 Å². The van der Waals surface area contributed by atoms with E-state index in [9.17, 15) is 14.4 Å². The van der Waals surface area contributed by atoms with Gasteiger partial charge in [0.2, 0.25) is 5.78 Å². The third-order valence-corrected chi connectivity index (χ3v) is 5.81. The molecule has 0 bridgehead atoms. The molecule has 1 atom stereocenters. The minimum atomic E-state index is -0.907. The third-order valence-electron chi connectivity index (χ3n) is 5.81. The number of carbonyl (C=O) groups is 3. The number of nitrogens with zero attached hydrogens (tertiary/aromatic N) is 1. The molecule has 0 unspecified atom stereocenters. The van der Waals surface area contributed by atoms with Crippen molar-refractivity contribution in [3.63, 3.8) is 0 Å². The number of Topliss-reactive ketones (excluding diaryl/α,β-unsaturated/α-hetero) is 2. The molecule has 3 rings (SSSR count). The number of ether oxygens (including phenoxy) is 2. The van der Waals surface area contributed by atoms with Crippen molar-refractivity contribution in [2.75, 3.05) is 19.8 Å². The summed E-state index contributed by atoms with van der Waals surface area (Å²) in [5.74, 6) is -2.21. The topological polar surface area (TPSA) is 72.9 Å². The van der Waals surface area contributed by atoms with Crippen molar-refractivity contribution in [1.82, 2.24) is 4.90 Å². The van der Waals surface area contributed by atoms with Crippen molar-refractivity contribution in [2.24, 2.45) is 0 Å². The molecular formula is C27H33NO5. The average molecular weight is 452 g/mol. The zero-order chi connectivity index (χ0) is 23.3. The molecule has 0 aromatic heterocycles. The minimum absolute atomic E-state index is 0.0717. The lowest BCUT2D eigenvalue weighted by atomic mass is 10.0. The van der Waals surface area contributed by atoms with E-state index in [-0.39, 0.29) is 12.5 Å². The van der Waals surface area contributed by atoms with E-state index >= 15 is 0 Å². The van der Waals surface area contributed by atoms with Crippen LogP contribution in [0.5, 0.6) is 0 Å². The van der Waals surface area contributed by atoms with Gasteiger partial charge in [-0.1, -0.05) is 60.7 Å². The van der Waals surface area contributed by atoms with Gasteiger partial charge in [-0.05, 0) is 43.2 Å². The molecular weight excluding hydrogens is 418 g/mol. The van der Waals surface area contributed by atoms with Crippen LogP contribution < -0.4 is 0 Å². The van der Waals surface area contributed by atoms with Crippen molar-refractivity contribution in [3.8, 4) is 0 Å². The Morgan fingerprint density at radius 1 is 0.818 bits per heavy atom. The van der Waals surface area contributed by atoms with Crippen molar-refractivity contribution < 1.29 is 23.9 Å². The quantitative estimate of drug-likeness (QED) is 0.260. The third kappa shape index (κ3) is 8.22. The zero-order valence-electron chi connectivity index (χ0n) is 19.1. The van der Waals surface area contributed by atoms with Gasteiger partial charge in [0.15, 0.2) is 0 Å². The van der Waals surface area contributed by atoms with Crippen LogP contribution in [0.25, 0.3) is 0 Å². The molecule has 6 nitrogen and oxygen atoms in total. The first-order valence-corrected chi connectivity index (χ1v) is 11.8. The first-order chi connectivity index (χ1) is 16.1. The number of likely N-dealkylation sites (tertiary alicyclic amines) is 1. The van der Waals surface area contributed by atoms with E-state index in [0.717, 1.165) is 30.4 Å². The Kier molecular flexibility index (Phi) is 10.3. The van der Waals surface area contributed by atoms with Crippen molar-refractivity contribution in [2.45, 2.75) is 57.8 Å². The minimum Gasteiger partial charge on any atom is -0.377 e. The number of piperidine rings is 1. The van der Waals surface area contributed by atoms with Gasteiger partial charge in [0.25, 0.3) is 11.7 Å². The van der Waals surface area contributed by atoms with Gasteiger partial charge in [-0.2, -0.15) is 0 Å². The molecule has 176 valence electrons. The molecule has 0 aliphatic carbocycles. The highest BCUT2D eigenvalue weighted by atomic mass is 16.5. The van der Waals surface area contributed by atoms with Crippen molar-refractivity contribution >= 4 is 17.5 Å². The first kappa shape index (κ1) is 24.8. The summed E-state index contributed by atoms with van der Waals surface area (Å²) in [5, 5.41) is 0. The number of hydrogen-bond donors (Lipinski definition) is 0. The largest absolute Gasteiger partial charge is 0.377 e. The molecule has 1 saturated heterocycles. The smallest absolute Gasteiger partial charge is 0.298 e. The fourth-order valence-corrected chi connectivity index (χ4v) is 3.95. The highest BCUT2D eigenvalue weighted by Crippen LogP contribution is 2.19. The molecule has 0 spiro atoms. The Bertz CT molecular complexity index is 884. The van der Waals surface area contributed by atoms with Crippen molar-refractivity contribution in [1.29, 1.82) is 0 Å². The summed E-state index contributed by atoms with van der Waals surface area (Å²) in [6, 6.07) is 19.5. The number of rotatable bonds is 13. The van der Waals surface area contributed by atoms with Crippen LogP contribution in [-0.2, 0) is 37.1 Å². The van der Waals surface area contributed by atoms with Gasteiger partial charge in [0.1, 0.15) is 0 Å². The molecule has 0 radical (unpaired) electrons. The van der Waals surface area contributed by atoms with Crippen LogP contribution in [-0.4, -0.2) is 48.2 Å². The van der Waals surface area contributed by atoms with E-state index in [1.165, 1.54) is 4.90 Å². The Balaban J connectivity index is 1.37. The monoisotopic (exact) mass is 451 g/mol. The molecule has 2 aromatic rings. The van der Waals surface area contributed by atoms with Gasteiger partial charge in [-0.15, -0.1) is 0 Å². The number of ketones is 2. The Morgan fingerprint density at radius 3 is 2.12 bits per heavy atom. The van der Waals surface area contributed by atoms with Crippen molar-refractivity contribution in [3.05, 3.63) is 71.8 Å². The second-order valence-corrected chi connectivity index (χ2v) is 8.40. The second kappa shape index (κ2) is 13.7. The molecule has 33 heavy (non-hydrogen) atoms. The summed E-state index contributed by atoms with van der Waals surface area (Å²) < 4.78 is 11.4. The van der Waals surface area contributed by atoms with Gasteiger partial charge in [0, 0.05) is 19.6 Å². The lowest BCUT2D eigenvalue weighted by molar-refractivity contribution is -0.152. The van der Waals surface area contributed by atoms with Gasteiger partial charge < -0.3 is 14.4 Å². The van der Waals surface area contributed by atoms with E-state index < -0.39 is 17.5 Å². The molecule has 1 fully saturated rings. The molecule has 1 aliphatic rings. The molecule has 6 heteroatoms. The van der Waals surface area contributed by atoms with E-state index in [0.29, 0.717) is 45.8 Å². The van der Waals surface area contributed by atoms with Crippen LogP contribution in [0.4, 0.5) is 0 Å². The van der Waals surface area contributed by atoms with E-state index in [4.69, 9.17) is 9.47 Å². The number of unbranched alkanes of at least 4 members (excludes halogenated alkanes) is 1. The maximum atomic E-state index is 12.8. The molecule has 2 aromatic carbocycles. The molecule has 0 N–H and O–H groups in total. The number of benzene rings is 2. The molecule has 1 amide bonds. The van der Waals surface area contributed by atoms with Gasteiger partial charge in [-0.25, -0.2) is 0 Å². The number of hydrogen-bond acceptors (Lipinski definition) is 5. The Hall–Kier alpha value is -2.83. The van der Waals surface area contributed by atoms with Crippen LogP contribution in [0.3, 0.4) is 0 Å². The normalized spacial score (nSPS) is 15.9. The summed E-state index contributed by atoms with van der Waals surface area (Å²) in [6.07, 6.45) is 3.86. The van der Waals surface area contributed by atoms with Gasteiger partial charge in [-0.3, -0.25) is 14.4 Å². The summed E-state index contributed by atoms with van der Waals surface area (Å²) in [5.41, 5.74) is 2.16. The summed E-state index contributed by atoms with van der Waals surface area (Å²) in [6.45, 7) is 2.34. The molecule has 1 aliphatic heterocycles. The maximum absolute atomic E-state index is 12.8. The van der Waals surface area contributed by atoms with E-state index in [2.05, 4.69) is 0 Å². The molecule has 1 heterocycles. The summed E-state index contributed by atoms with van der Waals surface area (Å²) in [4.78, 5) is 39.1. The van der Waals surface area contributed by atoms with E-state index in [1.807, 2.05) is 60.7 Å². The standard InChI is InChI=1S/C27H33NO5/c29-25(16-8-10-18-32-19-22-11-3-1-4-12-22)26(30)27(31)28-17-9-7-15-24(28)21-33-20-23-13-5-2-6-14-23/h1-6,11-14,24H,7-10,15-21H2/t24-/m0/s1. The van der Waals surface area contributed by atoms with Crippen LogP contribution >= 0.6 is 0 Å². The highest BCUT2D eigenvalue weighted by Gasteiger charge is 2.33. The Labute approximate surface area is 195 Å². The highest BCUT2D eigenvalue weighted by molar-refractivity contribution is 6.63. The maximum Gasteiger partial charge on any atom is 0.298 e. The zero-order valence-corrected chi connectivity index (χ0v) is 19.1. The SMILES string of the molecule is O=C(CCCCOCc1ccccc1)C(=O)C(=O)N1CCCC[C@H]1COCc1ccccc1. The fourth-order valence-electron chi connectivity index (χ4n) is 3.95. The number of amides is 1. The average Bonchev–Trinajstić information content (AvgIpc) is 2.86.